The number of carbonyl (C=O) groups is 1. The minimum Gasteiger partial charge on any atom is -0.332 e. The number of rotatable bonds is 4. The maximum atomic E-state index is 13.3. The Balaban J connectivity index is 1.56. The summed E-state index contributed by atoms with van der Waals surface area (Å²) in [5, 5.41) is 4.51. The molecule has 2 aromatic rings. The summed E-state index contributed by atoms with van der Waals surface area (Å²) in [6.07, 6.45) is 8.35. The zero-order valence-corrected chi connectivity index (χ0v) is 15.7. The summed E-state index contributed by atoms with van der Waals surface area (Å²) in [6, 6.07) is 9.19. The van der Waals surface area contributed by atoms with E-state index < -0.39 is 0 Å². The number of carbonyl (C=O) groups excluding carboxylic acids is 1. The number of amides is 1. The minimum atomic E-state index is 0.221. The summed E-state index contributed by atoms with van der Waals surface area (Å²) < 4.78 is 2.11. The van der Waals surface area contributed by atoms with Crippen molar-refractivity contribution in [1.82, 2.24) is 14.7 Å². The van der Waals surface area contributed by atoms with Crippen LogP contribution < -0.4 is 0 Å². The fourth-order valence-corrected chi connectivity index (χ4v) is 5.19. The highest BCUT2D eigenvalue weighted by Crippen LogP contribution is 2.42. The van der Waals surface area contributed by atoms with Crippen molar-refractivity contribution in [1.29, 1.82) is 0 Å². The lowest BCUT2D eigenvalue weighted by Gasteiger charge is -2.39. The van der Waals surface area contributed by atoms with Gasteiger partial charge in [-0.25, -0.2) is 0 Å². The molecular formula is C20H25N3OS. The van der Waals surface area contributed by atoms with E-state index in [-0.39, 0.29) is 5.91 Å². The van der Waals surface area contributed by atoms with E-state index in [4.69, 9.17) is 0 Å². The van der Waals surface area contributed by atoms with Crippen molar-refractivity contribution in [3.8, 4) is 0 Å². The van der Waals surface area contributed by atoms with Crippen molar-refractivity contribution in [2.45, 2.75) is 62.6 Å². The van der Waals surface area contributed by atoms with Gasteiger partial charge >= 0.3 is 0 Å². The number of aryl methyl sites for hydroxylation is 1. The Bertz CT molecular complexity index is 758. The number of aromatic nitrogens is 2. The van der Waals surface area contributed by atoms with Gasteiger partial charge in [0.05, 0.1) is 17.8 Å². The van der Waals surface area contributed by atoms with E-state index in [2.05, 4.69) is 40.8 Å². The molecule has 0 aliphatic carbocycles. The summed E-state index contributed by atoms with van der Waals surface area (Å²) >= 11 is 1.76. The zero-order chi connectivity index (χ0) is 17.4. The van der Waals surface area contributed by atoms with Crippen molar-refractivity contribution in [3.05, 3.63) is 47.8 Å². The van der Waals surface area contributed by atoms with Gasteiger partial charge in [-0.1, -0.05) is 19.1 Å². The molecule has 0 spiro atoms. The molecule has 4 rings (SSSR count). The first kappa shape index (κ1) is 16.7. The molecule has 5 heteroatoms. The first-order valence-electron chi connectivity index (χ1n) is 9.22. The summed E-state index contributed by atoms with van der Waals surface area (Å²) in [5.41, 5.74) is 2.08. The highest BCUT2D eigenvalue weighted by atomic mass is 32.2. The number of nitrogens with zero attached hydrogens (tertiary/aromatic N) is 3. The van der Waals surface area contributed by atoms with Crippen LogP contribution in [0.1, 0.15) is 54.6 Å². The van der Waals surface area contributed by atoms with Crippen LogP contribution in [-0.2, 0) is 0 Å². The van der Waals surface area contributed by atoms with Gasteiger partial charge in [0.2, 0.25) is 0 Å². The van der Waals surface area contributed by atoms with Gasteiger partial charge in [0.15, 0.2) is 0 Å². The van der Waals surface area contributed by atoms with Crippen LogP contribution in [0.4, 0.5) is 0 Å². The van der Waals surface area contributed by atoms with E-state index >= 15 is 0 Å². The summed E-state index contributed by atoms with van der Waals surface area (Å²) in [6.45, 7) is 4.21. The van der Waals surface area contributed by atoms with Gasteiger partial charge in [-0.2, -0.15) is 5.10 Å². The van der Waals surface area contributed by atoms with Gasteiger partial charge < -0.3 is 4.90 Å². The Hall–Kier alpha value is -1.75. The summed E-state index contributed by atoms with van der Waals surface area (Å²) in [7, 11) is 0. The predicted molar refractivity (Wildman–Crippen MR) is 101 cm³/mol. The van der Waals surface area contributed by atoms with Crippen molar-refractivity contribution in [2.75, 3.05) is 5.75 Å². The van der Waals surface area contributed by atoms with Crippen molar-refractivity contribution >= 4 is 17.7 Å². The highest BCUT2D eigenvalue weighted by molar-refractivity contribution is 7.99. The lowest BCUT2D eigenvalue weighted by molar-refractivity contribution is 0.0520. The summed E-state index contributed by atoms with van der Waals surface area (Å²) in [5.74, 6) is 1.21. The fraction of sp³-hybridized carbons (Fsp3) is 0.500. The van der Waals surface area contributed by atoms with Gasteiger partial charge in [0.25, 0.3) is 5.91 Å². The fourth-order valence-electron chi connectivity index (χ4n) is 4.39. The van der Waals surface area contributed by atoms with Crippen LogP contribution in [0.5, 0.6) is 0 Å². The third-order valence-electron chi connectivity index (χ3n) is 5.46. The number of piperidine rings is 1. The summed E-state index contributed by atoms with van der Waals surface area (Å²) in [4.78, 5) is 16.6. The molecule has 0 radical (unpaired) electrons. The number of thioether (sulfide) groups is 1. The number of benzene rings is 1. The molecule has 2 bridgehead atoms. The molecule has 25 heavy (non-hydrogen) atoms. The molecule has 3 heterocycles. The quantitative estimate of drug-likeness (QED) is 0.767. The molecule has 2 saturated heterocycles. The van der Waals surface area contributed by atoms with Gasteiger partial charge in [-0.15, -0.1) is 11.8 Å². The lowest BCUT2D eigenvalue weighted by atomic mass is 9.96. The van der Waals surface area contributed by atoms with E-state index in [1.807, 2.05) is 24.4 Å². The molecule has 2 aliphatic rings. The maximum Gasteiger partial charge on any atom is 0.255 e. The van der Waals surface area contributed by atoms with Crippen LogP contribution >= 0.6 is 11.8 Å². The molecular weight excluding hydrogens is 330 g/mol. The Morgan fingerprint density at radius 3 is 2.56 bits per heavy atom. The Morgan fingerprint density at radius 1 is 1.20 bits per heavy atom. The van der Waals surface area contributed by atoms with E-state index in [1.54, 1.807) is 11.8 Å². The first-order chi connectivity index (χ1) is 12.2. The second-order valence-corrected chi connectivity index (χ2v) is 8.46. The molecule has 0 saturated carbocycles. The van der Waals surface area contributed by atoms with Crippen molar-refractivity contribution < 1.29 is 4.79 Å². The van der Waals surface area contributed by atoms with E-state index in [9.17, 15) is 4.79 Å². The number of hydrogen-bond acceptors (Lipinski definition) is 3. The van der Waals surface area contributed by atoms with Crippen LogP contribution in [0, 0.1) is 6.92 Å². The van der Waals surface area contributed by atoms with Gasteiger partial charge in [0.1, 0.15) is 0 Å². The third-order valence-corrected chi connectivity index (χ3v) is 6.42. The molecule has 0 N–H and O–H groups in total. The van der Waals surface area contributed by atoms with Gasteiger partial charge in [0, 0.05) is 23.2 Å². The first-order valence-corrected chi connectivity index (χ1v) is 10.2. The van der Waals surface area contributed by atoms with E-state index in [0.717, 1.165) is 41.9 Å². The normalized spacial score (nSPS) is 25.4. The zero-order valence-electron chi connectivity index (χ0n) is 14.9. The van der Waals surface area contributed by atoms with Crippen molar-refractivity contribution in [3.63, 3.8) is 0 Å². The largest absolute Gasteiger partial charge is 0.332 e. The molecule has 2 unspecified atom stereocenters. The Labute approximate surface area is 153 Å². The van der Waals surface area contributed by atoms with Crippen LogP contribution in [0.3, 0.4) is 0 Å². The Kier molecular flexibility index (Phi) is 4.59. The molecule has 1 aromatic heterocycles. The smallest absolute Gasteiger partial charge is 0.255 e. The van der Waals surface area contributed by atoms with Gasteiger partial charge in [-0.05, 0) is 56.1 Å². The van der Waals surface area contributed by atoms with E-state index in [1.165, 1.54) is 5.56 Å². The average Bonchev–Trinajstić information content (AvgIpc) is 3.16. The van der Waals surface area contributed by atoms with Crippen LogP contribution in [0.2, 0.25) is 0 Å². The topological polar surface area (TPSA) is 38.1 Å². The Morgan fingerprint density at radius 2 is 1.92 bits per heavy atom. The maximum absolute atomic E-state index is 13.3. The molecule has 2 atom stereocenters. The molecule has 2 fully saturated rings. The minimum absolute atomic E-state index is 0.221. The van der Waals surface area contributed by atoms with Crippen LogP contribution in [-0.4, -0.2) is 38.4 Å². The van der Waals surface area contributed by atoms with Gasteiger partial charge in [-0.3, -0.25) is 9.48 Å². The molecule has 1 aromatic carbocycles. The second kappa shape index (κ2) is 6.87. The van der Waals surface area contributed by atoms with E-state index in [0.29, 0.717) is 18.1 Å². The molecule has 132 valence electrons. The van der Waals surface area contributed by atoms with Crippen molar-refractivity contribution in [2.24, 2.45) is 0 Å². The van der Waals surface area contributed by atoms with Crippen LogP contribution in [0.15, 0.2) is 41.6 Å². The monoisotopic (exact) mass is 355 g/mol. The average molecular weight is 356 g/mol. The molecule has 1 amide bonds. The third kappa shape index (κ3) is 3.10. The molecule has 2 aliphatic heterocycles. The standard InChI is InChI=1S/C20H25N3OS/c1-3-25-19-7-5-4-6-18(19)20(24)23-15-8-9-16(23)11-17(10-15)22-13-14(2)12-21-22/h4-7,12-13,15-17H,3,8-11H2,1-2H3. The number of hydrogen-bond donors (Lipinski definition) is 0. The number of fused-ring (bicyclic) bond motifs is 2. The van der Waals surface area contributed by atoms with Crippen LogP contribution in [0.25, 0.3) is 0 Å². The lowest BCUT2D eigenvalue weighted by Crippen LogP contribution is -2.47. The molecule has 4 nitrogen and oxygen atoms in total. The SMILES string of the molecule is CCSc1ccccc1C(=O)N1C2CCC1CC(n1cc(C)cn1)C2. The highest BCUT2D eigenvalue weighted by Gasteiger charge is 2.44. The predicted octanol–water partition coefficient (Wildman–Crippen LogP) is 4.31. The second-order valence-electron chi connectivity index (χ2n) is 7.15.